The van der Waals surface area contributed by atoms with Gasteiger partial charge in [0, 0.05) is 25.8 Å². The van der Waals surface area contributed by atoms with Gasteiger partial charge in [0.25, 0.3) is 0 Å². The lowest BCUT2D eigenvalue weighted by atomic mass is 10.2. The summed E-state index contributed by atoms with van der Waals surface area (Å²) < 4.78 is 7.58. The van der Waals surface area contributed by atoms with E-state index in [0.717, 1.165) is 11.1 Å². The molecule has 0 spiro atoms. The minimum absolute atomic E-state index is 0.0391. The number of amides is 2. The summed E-state index contributed by atoms with van der Waals surface area (Å²) in [6, 6.07) is 3.96. The number of imidazole rings is 1. The summed E-state index contributed by atoms with van der Waals surface area (Å²) >= 11 is 0. The van der Waals surface area contributed by atoms with Gasteiger partial charge in [-0.25, -0.2) is 9.78 Å². The van der Waals surface area contributed by atoms with Crippen LogP contribution < -0.4 is 5.32 Å². The van der Waals surface area contributed by atoms with E-state index in [1.165, 1.54) is 0 Å². The monoisotopic (exact) mass is 288 g/mol. The number of hydrogen-bond donors (Lipinski definition) is 1. The van der Waals surface area contributed by atoms with Crippen LogP contribution in [0.1, 0.15) is 19.4 Å². The fraction of sp³-hybridized carbons (Fsp3) is 0.467. The van der Waals surface area contributed by atoms with Crippen molar-refractivity contribution in [2.24, 2.45) is 0 Å². The van der Waals surface area contributed by atoms with Gasteiger partial charge in [0.15, 0.2) is 0 Å². The molecule has 2 aromatic heterocycles. The zero-order chi connectivity index (χ0) is 14.8. The molecule has 2 aromatic rings. The van der Waals surface area contributed by atoms with Crippen molar-refractivity contribution in [3.8, 4) is 0 Å². The average molecular weight is 288 g/mol. The van der Waals surface area contributed by atoms with E-state index in [0.29, 0.717) is 19.6 Å². The number of hydrogen-bond acceptors (Lipinski definition) is 3. The summed E-state index contributed by atoms with van der Waals surface area (Å²) in [7, 11) is 0. The first kappa shape index (κ1) is 13.9. The van der Waals surface area contributed by atoms with Crippen LogP contribution >= 0.6 is 0 Å². The highest BCUT2D eigenvalue weighted by atomic mass is 16.5. The number of nitrogens with one attached hydrogen (secondary N) is 1. The van der Waals surface area contributed by atoms with Crippen molar-refractivity contribution >= 4 is 11.5 Å². The second kappa shape index (κ2) is 5.73. The van der Waals surface area contributed by atoms with Gasteiger partial charge in [0.2, 0.25) is 0 Å². The van der Waals surface area contributed by atoms with Crippen molar-refractivity contribution in [2.75, 3.05) is 13.1 Å². The third kappa shape index (κ3) is 3.16. The minimum Gasteiger partial charge on any atom is -0.372 e. The molecule has 0 radical (unpaired) electrons. The van der Waals surface area contributed by atoms with E-state index >= 15 is 0 Å². The van der Waals surface area contributed by atoms with E-state index in [-0.39, 0.29) is 18.2 Å². The zero-order valence-electron chi connectivity index (χ0n) is 12.3. The molecule has 1 aliphatic heterocycles. The van der Waals surface area contributed by atoms with Gasteiger partial charge >= 0.3 is 6.03 Å². The van der Waals surface area contributed by atoms with E-state index in [1.54, 1.807) is 12.5 Å². The molecule has 0 aliphatic carbocycles. The Morgan fingerprint density at radius 2 is 2.14 bits per heavy atom. The first-order chi connectivity index (χ1) is 10.1. The van der Waals surface area contributed by atoms with Gasteiger partial charge in [0.1, 0.15) is 0 Å². The van der Waals surface area contributed by atoms with E-state index in [9.17, 15) is 4.79 Å². The third-order valence-electron chi connectivity index (χ3n) is 3.62. The van der Waals surface area contributed by atoms with Crippen molar-refractivity contribution in [1.29, 1.82) is 0 Å². The average Bonchev–Trinajstić information content (AvgIpc) is 2.91. The Balaban J connectivity index is 1.60. The van der Waals surface area contributed by atoms with Crippen molar-refractivity contribution in [1.82, 2.24) is 19.6 Å². The number of aromatic nitrogens is 2. The van der Waals surface area contributed by atoms with Gasteiger partial charge in [0.05, 0.1) is 30.2 Å². The number of pyridine rings is 1. The molecular formula is C15H20N4O2. The molecule has 112 valence electrons. The maximum atomic E-state index is 12.2. The largest absolute Gasteiger partial charge is 0.372 e. The number of carbonyl (C=O) groups is 1. The van der Waals surface area contributed by atoms with Gasteiger partial charge in [-0.05, 0) is 25.5 Å². The predicted molar refractivity (Wildman–Crippen MR) is 79.0 cm³/mol. The molecule has 0 bridgehead atoms. The van der Waals surface area contributed by atoms with Crippen molar-refractivity contribution in [2.45, 2.75) is 32.6 Å². The predicted octanol–water partition coefficient (Wildman–Crippen LogP) is 1.65. The molecule has 21 heavy (non-hydrogen) atoms. The fourth-order valence-electron chi connectivity index (χ4n) is 2.70. The highest BCUT2D eigenvalue weighted by Crippen LogP contribution is 2.11. The SMILES string of the molecule is C[C@@H]1CN(C(=O)NCc2ccc3cncn3c2)C[C@H](C)O1. The van der Waals surface area contributed by atoms with Crippen molar-refractivity contribution < 1.29 is 9.53 Å². The van der Waals surface area contributed by atoms with Crippen molar-refractivity contribution in [3.05, 3.63) is 36.4 Å². The van der Waals surface area contributed by atoms with Crippen LogP contribution in [0.25, 0.3) is 5.52 Å². The number of fused-ring (bicyclic) bond motifs is 1. The molecule has 1 fully saturated rings. The maximum absolute atomic E-state index is 12.2. The summed E-state index contributed by atoms with van der Waals surface area (Å²) in [6.45, 7) is 5.76. The first-order valence-corrected chi connectivity index (χ1v) is 7.20. The molecule has 1 aliphatic rings. The van der Waals surface area contributed by atoms with Gasteiger partial charge in [-0.2, -0.15) is 0 Å². The van der Waals surface area contributed by atoms with E-state index in [1.807, 2.05) is 41.5 Å². The third-order valence-corrected chi connectivity index (χ3v) is 3.62. The molecule has 0 saturated carbocycles. The molecular weight excluding hydrogens is 268 g/mol. The lowest BCUT2D eigenvalue weighted by Crippen LogP contribution is -2.51. The van der Waals surface area contributed by atoms with Gasteiger partial charge in [-0.15, -0.1) is 0 Å². The van der Waals surface area contributed by atoms with E-state index in [2.05, 4.69) is 10.3 Å². The lowest BCUT2D eigenvalue weighted by Gasteiger charge is -2.35. The van der Waals surface area contributed by atoms with Crippen LogP contribution in [0.15, 0.2) is 30.9 Å². The maximum Gasteiger partial charge on any atom is 0.317 e. The minimum atomic E-state index is -0.0391. The van der Waals surface area contributed by atoms with Crippen LogP contribution in [0.4, 0.5) is 4.79 Å². The quantitative estimate of drug-likeness (QED) is 0.914. The summed E-state index contributed by atoms with van der Waals surface area (Å²) in [5.41, 5.74) is 2.09. The topological polar surface area (TPSA) is 58.9 Å². The molecule has 1 N–H and O–H groups in total. The molecule has 3 heterocycles. The van der Waals surface area contributed by atoms with Gasteiger partial charge < -0.3 is 19.4 Å². The van der Waals surface area contributed by atoms with Crippen molar-refractivity contribution in [3.63, 3.8) is 0 Å². The molecule has 1 saturated heterocycles. The first-order valence-electron chi connectivity index (χ1n) is 7.20. The standard InChI is InChI=1S/C15H20N4O2/c1-11-7-18(8-12(2)21-11)15(20)17-5-13-3-4-14-6-16-10-19(14)9-13/h3-4,6,9-12H,5,7-8H2,1-2H3,(H,17,20)/t11-,12+. The molecule has 6 heteroatoms. The van der Waals surface area contributed by atoms with Gasteiger partial charge in [-0.3, -0.25) is 0 Å². The smallest absolute Gasteiger partial charge is 0.317 e. The molecule has 0 aromatic carbocycles. The normalized spacial score (nSPS) is 22.5. The number of rotatable bonds is 2. The van der Waals surface area contributed by atoms with E-state index in [4.69, 9.17) is 4.74 Å². The van der Waals surface area contributed by atoms with Crippen LogP contribution in [0, 0.1) is 0 Å². The second-order valence-corrected chi connectivity index (χ2v) is 5.58. The highest BCUT2D eigenvalue weighted by Gasteiger charge is 2.25. The molecule has 3 rings (SSSR count). The Morgan fingerprint density at radius 3 is 2.90 bits per heavy atom. The lowest BCUT2D eigenvalue weighted by molar-refractivity contribution is -0.0545. The van der Waals surface area contributed by atoms with E-state index < -0.39 is 0 Å². The molecule has 6 nitrogen and oxygen atoms in total. The Morgan fingerprint density at radius 1 is 1.38 bits per heavy atom. The Bertz CT molecular complexity index is 629. The van der Waals surface area contributed by atoms with Gasteiger partial charge in [-0.1, -0.05) is 6.07 Å². The van der Waals surface area contributed by atoms with Crippen LogP contribution in [0.5, 0.6) is 0 Å². The number of nitrogens with zero attached hydrogens (tertiary/aromatic N) is 3. The van der Waals surface area contributed by atoms with Crippen LogP contribution in [0.2, 0.25) is 0 Å². The Hall–Kier alpha value is -2.08. The number of carbonyl (C=O) groups excluding carboxylic acids is 1. The number of ether oxygens (including phenoxy) is 1. The summed E-state index contributed by atoms with van der Waals surface area (Å²) in [5, 5.41) is 2.96. The number of morpholine rings is 1. The molecule has 0 unspecified atom stereocenters. The molecule has 2 atom stereocenters. The fourth-order valence-corrected chi connectivity index (χ4v) is 2.70. The summed E-state index contributed by atoms with van der Waals surface area (Å²) in [6.07, 6.45) is 5.71. The Kier molecular flexibility index (Phi) is 3.79. The highest BCUT2D eigenvalue weighted by molar-refractivity contribution is 5.74. The molecule has 2 amide bonds. The van der Waals surface area contributed by atoms with Crippen LogP contribution in [-0.2, 0) is 11.3 Å². The van der Waals surface area contributed by atoms with Crippen LogP contribution in [-0.4, -0.2) is 45.6 Å². The summed E-state index contributed by atoms with van der Waals surface area (Å²) in [5.74, 6) is 0. The Labute approximate surface area is 123 Å². The number of urea groups is 1. The van der Waals surface area contributed by atoms with Crippen LogP contribution in [0.3, 0.4) is 0 Å². The zero-order valence-corrected chi connectivity index (χ0v) is 12.3. The second-order valence-electron chi connectivity index (χ2n) is 5.58. The summed E-state index contributed by atoms with van der Waals surface area (Å²) in [4.78, 5) is 18.1.